The Hall–Kier alpha value is -3.74. The molecule has 0 unspecified atom stereocenters. The molecule has 0 spiro atoms. The van der Waals surface area contributed by atoms with Crippen molar-refractivity contribution in [2.24, 2.45) is 19.2 Å². The standard InChI is InChI=1S/C20H21BrN6O6/c1-4-32-16(29)10-33-14-6-5-13(21)7-12(14)8-23-24-15(28)9-27-11-22-17-18(27)25(2)20(31)26(3)19(17)30/h5-8,11H,4,9-10H2,1-3H3,(H,24,28)/b23-8-. The summed E-state index contributed by atoms with van der Waals surface area (Å²) in [7, 11) is 2.85. The number of hydrazone groups is 1. The summed E-state index contributed by atoms with van der Waals surface area (Å²) in [6.07, 6.45) is 2.67. The van der Waals surface area contributed by atoms with Gasteiger partial charge in [-0.15, -0.1) is 0 Å². The summed E-state index contributed by atoms with van der Waals surface area (Å²) in [4.78, 5) is 52.3. The molecular weight excluding hydrogens is 500 g/mol. The number of aromatic nitrogens is 4. The summed E-state index contributed by atoms with van der Waals surface area (Å²) in [5.41, 5.74) is 2.11. The first-order valence-electron chi connectivity index (χ1n) is 9.73. The molecule has 0 fully saturated rings. The lowest BCUT2D eigenvalue weighted by Gasteiger charge is -2.09. The summed E-state index contributed by atoms with van der Waals surface area (Å²) < 4.78 is 14.6. The first kappa shape index (κ1) is 23.9. The Labute approximate surface area is 195 Å². The van der Waals surface area contributed by atoms with Gasteiger partial charge in [0.15, 0.2) is 12.1 Å². The second kappa shape index (κ2) is 10.3. The van der Waals surface area contributed by atoms with E-state index in [2.05, 4.69) is 31.4 Å². The Morgan fingerprint density at radius 3 is 2.73 bits per heavy atom. The van der Waals surface area contributed by atoms with Crippen molar-refractivity contribution in [1.82, 2.24) is 24.1 Å². The molecule has 33 heavy (non-hydrogen) atoms. The van der Waals surface area contributed by atoms with Crippen molar-refractivity contribution in [2.45, 2.75) is 13.5 Å². The van der Waals surface area contributed by atoms with E-state index in [0.717, 1.165) is 9.04 Å². The molecule has 1 aromatic carbocycles. The van der Waals surface area contributed by atoms with Crippen LogP contribution in [-0.2, 0) is 35.0 Å². The van der Waals surface area contributed by atoms with Crippen LogP contribution < -0.4 is 21.4 Å². The SMILES string of the molecule is CCOC(=O)COc1ccc(Br)cc1/C=N\NC(=O)Cn1cnc2c(=O)n(C)c(=O)n(C)c21. The van der Waals surface area contributed by atoms with Gasteiger partial charge >= 0.3 is 11.7 Å². The number of amides is 1. The molecule has 0 atom stereocenters. The van der Waals surface area contributed by atoms with Crippen LogP contribution in [0, 0.1) is 0 Å². The van der Waals surface area contributed by atoms with Crippen molar-refractivity contribution in [3.63, 3.8) is 0 Å². The van der Waals surface area contributed by atoms with E-state index in [1.54, 1.807) is 25.1 Å². The number of rotatable bonds is 8. The first-order valence-corrected chi connectivity index (χ1v) is 10.5. The number of carbonyl (C=O) groups excluding carboxylic acids is 2. The summed E-state index contributed by atoms with van der Waals surface area (Å²) in [6.45, 7) is 1.45. The summed E-state index contributed by atoms with van der Waals surface area (Å²) in [6, 6.07) is 5.07. The minimum absolute atomic E-state index is 0.0772. The van der Waals surface area contributed by atoms with Gasteiger partial charge in [0.2, 0.25) is 0 Å². The molecule has 3 aromatic rings. The summed E-state index contributed by atoms with van der Waals surface area (Å²) in [5.74, 6) is -0.647. The van der Waals surface area contributed by atoms with Gasteiger partial charge in [-0.1, -0.05) is 15.9 Å². The number of imidazole rings is 1. The number of ether oxygens (including phenoxy) is 2. The molecule has 0 radical (unpaired) electrons. The number of hydrogen-bond donors (Lipinski definition) is 1. The summed E-state index contributed by atoms with van der Waals surface area (Å²) in [5, 5.41) is 3.93. The number of nitrogens with zero attached hydrogens (tertiary/aromatic N) is 5. The number of carbonyl (C=O) groups is 2. The van der Waals surface area contributed by atoms with Crippen molar-refractivity contribution < 1.29 is 19.1 Å². The van der Waals surface area contributed by atoms with E-state index in [1.807, 2.05) is 0 Å². The second-order valence-corrected chi connectivity index (χ2v) is 7.74. The zero-order chi connectivity index (χ0) is 24.1. The lowest BCUT2D eigenvalue weighted by molar-refractivity contribution is -0.145. The van der Waals surface area contributed by atoms with Crippen molar-refractivity contribution in [1.29, 1.82) is 0 Å². The molecule has 1 N–H and O–H groups in total. The van der Waals surface area contributed by atoms with Gasteiger partial charge in [-0.3, -0.25) is 18.7 Å². The van der Waals surface area contributed by atoms with Gasteiger partial charge in [0.1, 0.15) is 17.9 Å². The van der Waals surface area contributed by atoms with Crippen LogP contribution in [0.5, 0.6) is 5.75 Å². The number of hydrogen-bond acceptors (Lipinski definition) is 8. The largest absolute Gasteiger partial charge is 0.481 e. The van der Waals surface area contributed by atoms with Crippen LogP contribution in [0.1, 0.15) is 12.5 Å². The lowest BCUT2D eigenvalue weighted by Crippen LogP contribution is -2.37. The molecule has 1 amide bonds. The highest BCUT2D eigenvalue weighted by atomic mass is 79.9. The number of halogens is 1. The smallest absolute Gasteiger partial charge is 0.344 e. The Morgan fingerprint density at radius 1 is 1.24 bits per heavy atom. The molecule has 2 heterocycles. The van der Waals surface area contributed by atoms with E-state index in [0.29, 0.717) is 11.3 Å². The van der Waals surface area contributed by atoms with Crippen LogP contribution >= 0.6 is 15.9 Å². The predicted molar refractivity (Wildman–Crippen MR) is 122 cm³/mol. The van der Waals surface area contributed by atoms with Gasteiger partial charge in [-0.2, -0.15) is 5.10 Å². The normalized spacial score (nSPS) is 11.2. The van der Waals surface area contributed by atoms with Crippen LogP contribution in [0.25, 0.3) is 11.2 Å². The molecule has 0 saturated heterocycles. The van der Waals surface area contributed by atoms with Gasteiger partial charge in [0.05, 0.1) is 19.1 Å². The second-order valence-electron chi connectivity index (χ2n) is 6.82. The number of nitrogens with one attached hydrogen (secondary N) is 1. The van der Waals surface area contributed by atoms with Gasteiger partial charge < -0.3 is 14.0 Å². The number of esters is 1. The van der Waals surface area contributed by atoms with E-state index >= 15 is 0 Å². The van der Waals surface area contributed by atoms with Gasteiger partial charge in [-0.05, 0) is 25.1 Å². The molecule has 174 valence electrons. The molecule has 0 aliphatic heterocycles. The minimum atomic E-state index is -0.546. The highest BCUT2D eigenvalue weighted by Crippen LogP contribution is 2.21. The molecule has 13 heteroatoms. The fraction of sp³-hybridized carbons (Fsp3) is 0.300. The maximum absolute atomic E-state index is 12.4. The van der Waals surface area contributed by atoms with Gasteiger partial charge in [0, 0.05) is 24.1 Å². The molecule has 0 saturated carbocycles. The van der Waals surface area contributed by atoms with Gasteiger partial charge in [0.25, 0.3) is 11.5 Å². The third-order valence-corrected chi connectivity index (χ3v) is 5.03. The molecule has 2 aromatic heterocycles. The lowest BCUT2D eigenvalue weighted by atomic mass is 10.2. The van der Waals surface area contributed by atoms with Crippen molar-refractivity contribution in [3.05, 3.63) is 55.4 Å². The van der Waals surface area contributed by atoms with Crippen LogP contribution in [0.3, 0.4) is 0 Å². The quantitative estimate of drug-likeness (QED) is 0.255. The average Bonchev–Trinajstić information content (AvgIpc) is 3.19. The number of fused-ring (bicyclic) bond motifs is 1. The monoisotopic (exact) mass is 520 g/mol. The molecule has 3 rings (SSSR count). The molecular formula is C20H21BrN6O6. The fourth-order valence-corrected chi connectivity index (χ4v) is 3.39. The third kappa shape index (κ3) is 5.37. The fourth-order valence-electron chi connectivity index (χ4n) is 3.01. The van der Waals surface area contributed by atoms with E-state index in [4.69, 9.17) is 9.47 Å². The maximum atomic E-state index is 12.4. The van der Waals surface area contributed by atoms with Crippen LogP contribution in [0.15, 0.2) is 43.7 Å². The average molecular weight is 521 g/mol. The van der Waals surface area contributed by atoms with Crippen LogP contribution in [0.2, 0.25) is 0 Å². The summed E-state index contributed by atoms with van der Waals surface area (Å²) >= 11 is 3.35. The Balaban J connectivity index is 1.73. The Morgan fingerprint density at radius 2 is 2.00 bits per heavy atom. The van der Waals surface area contributed by atoms with E-state index in [9.17, 15) is 19.2 Å². The zero-order valence-electron chi connectivity index (χ0n) is 18.1. The van der Waals surface area contributed by atoms with E-state index in [-0.39, 0.29) is 30.9 Å². The minimum Gasteiger partial charge on any atom is -0.481 e. The topological polar surface area (TPSA) is 139 Å². The third-order valence-electron chi connectivity index (χ3n) is 4.54. The molecule has 0 bridgehead atoms. The predicted octanol–water partition coefficient (Wildman–Crippen LogP) is 0.288. The van der Waals surface area contributed by atoms with E-state index < -0.39 is 23.1 Å². The van der Waals surface area contributed by atoms with Crippen LogP contribution in [-0.4, -0.2) is 50.0 Å². The maximum Gasteiger partial charge on any atom is 0.344 e. The number of benzene rings is 1. The van der Waals surface area contributed by atoms with Gasteiger partial charge in [-0.25, -0.2) is 20.0 Å². The molecule has 0 aliphatic carbocycles. The molecule has 0 aliphatic rings. The first-order chi connectivity index (χ1) is 15.7. The Bertz CT molecular complexity index is 1360. The highest BCUT2D eigenvalue weighted by Gasteiger charge is 2.15. The van der Waals surface area contributed by atoms with Crippen molar-refractivity contribution in [2.75, 3.05) is 13.2 Å². The number of aryl methyl sites for hydroxylation is 1. The zero-order valence-corrected chi connectivity index (χ0v) is 19.7. The molecule has 12 nitrogen and oxygen atoms in total. The van der Waals surface area contributed by atoms with Crippen molar-refractivity contribution >= 4 is 45.2 Å². The highest BCUT2D eigenvalue weighted by molar-refractivity contribution is 9.10. The van der Waals surface area contributed by atoms with E-state index in [1.165, 1.54) is 35.8 Å². The van der Waals surface area contributed by atoms with Crippen LogP contribution in [0.4, 0.5) is 0 Å². The van der Waals surface area contributed by atoms with Crippen molar-refractivity contribution in [3.8, 4) is 5.75 Å². The Kier molecular flexibility index (Phi) is 7.43.